The van der Waals surface area contributed by atoms with Crippen LogP contribution in [0.4, 0.5) is 13.2 Å². The Morgan fingerprint density at radius 2 is 1.61 bits per heavy atom. The van der Waals surface area contributed by atoms with Crippen molar-refractivity contribution in [2.45, 2.75) is 26.2 Å². The molecule has 2 aromatic carbocycles. The number of hydrogen-bond donors (Lipinski definition) is 0. The quantitative estimate of drug-likeness (QED) is 0.342. The summed E-state index contributed by atoms with van der Waals surface area (Å²) in [6, 6.07) is 8.01. The number of carbonyl (C=O) groups is 2. The number of cyclic esters (lactones) is 2. The highest BCUT2D eigenvalue weighted by atomic mass is 19.2. The smallest absolute Gasteiger partial charge is 0.348 e. The molecule has 0 aromatic heterocycles. The van der Waals surface area contributed by atoms with E-state index in [1.165, 1.54) is 19.9 Å². The lowest BCUT2D eigenvalue weighted by molar-refractivity contribution is -0.222. The third kappa shape index (κ3) is 4.33. The molecule has 0 spiro atoms. The summed E-state index contributed by atoms with van der Waals surface area (Å²) in [7, 11) is 0. The monoisotopic (exact) mass is 392 g/mol. The molecule has 0 saturated carbocycles. The molecule has 0 aliphatic carbocycles. The third-order valence-electron chi connectivity index (χ3n) is 3.74. The van der Waals surface area contributed by atoms with Gasteiger partial charge in [0.1, 0.15) is 17.9 Å². The molecule has 146 valence electrons. The van der Waals surface area contributed by atoms with Crippen LogP contribution in [0, 0.1) is 17.5 Å². The van der Waals surface area contributed by atoms with Crippen LogP contribution < -0.4 is 4.74 Å². The molecule has 5 nitrogen and oxygen atoms in total. The molecule has 2 aromatic rings. The number of ether oxygens (including phenoxy) is 3. The molecular formula is C20H15F3O5. The molecule has 0 N–H and O–H groups in total. The van der Waals surface area contributed by atoms with E-state index in [0.29, 0.717) is 11.1 Å². The van der Waals surface area contributed by atoms with Crippen LogP contribution in [-0.4, -0.2) is 17.7 Å². The minimum atomic E-state index is -1.57. The molecule has 0 bridgehead atoms. The topological polar surface area (TPSA) is 61.8 Å². The number of esters is 2. The summed E-state index contributed by atoms with van der Waals surface area (Å²) in [5, 5.41) is 0. The Hall–Kier alpha value is -3.29. The van der Waals surface area contributed by atoms with E-state index >= 15 is 0 Å². The molecule has 0 radical (unpaired) electrons. The van der Waals surface area contributed by atoms with Crippen molar-refractivity contribution >= 4 is 18.0 Å². The lowest BCUT2D eigenvalue weighted by Crippen LogP contribution is -2.41. The fraction of sp³-hybridized carbons (Fsp3) is 0.200. The van der Waals surface area contributed by atoms with E-state index in [1.54, 1.807) is 24.3 Å². The Balaban J connectivity index is 1.76. The number of hydrogen-bond acceptors (Lipinski definition) is 5. The van der Waals surface area contributed by atoms with Crippen LogP contribution in [0.15, 0.2) is 42.0 Å². The van der Waals surface area contributed by atoms with E-state index in [1.807, 2.05) is 0 Å². The van der Waals surface area contributed by atoms with Gasteiger partial charge in [-0.15, -0.1) is 0 Å². The van der Waals surface area contributed by atoms with Gasteiger partial charge in [-0.1, -0.05) is 18.2 Å². The first-order valence-corrected chi connectivity index (χ1v) is 8.19. The van der Waals surface area contributed by atoms with Gasteiger partial charge in [-0.2, -0.15) is 0 Å². The van der Waals surface area contributed by atoms with Crippen LogP contribution in [0.1, 0.15) is 25.0 Å². The van der Waals surface area contributed by atoms with E-state index < -0.39 is 35.2 Å². The van der Waals surface area contributed by atoms with Crippen molar-refractivity contribution in [1.29, 1.82) is 0 Å². The minimum absolute atomic E-state index is 0.0799. The average molecular weight is 392 g/mol. The van der Waals surface area contributed by atoms with Crippen LogP contribution in [0.5, 0.6) is 5.75 Å². The van der Waals surface area contributed by atoms with Crippen molar-refractivity contribution in [3.63, 3.8) is 0 Å². The molecule has 1 saturated heterocycles. The van der Waals surface area contributed by atoms with Crippen molar-refractivity contribution in [2.24, 2.45) is 0 Å². The minimum Gasteiger partial charge on any atom is -0.489 e. The second-order valence-corrected chi connectivity index (χ2v) is 6.47. The van der Waals surface area contributed by atoms with Gasteiger partial charge in [0.25, 0.3) is 5.79 Å². The Bertz CT molecular complexity index is 937. The van der Waals surface area contributed by atoms with Gasteiger partial charge in [0.05, 0.1) is 0 Å². The molecule has 1 aliphatic heterocycles. The van der Waals surface area contributed by atoms with Gasteiger partial charge in [-0.05, 0) is 23.3 Å². The molecule has 0 atom stereocenters. The molecular weight excluding hydrogens is 377 g/mol. The molecule has 0 amide bonds. The van der Waals surface area contributed by atoms with Gasteiger partial charge in [-0.25, -0.2) is 22.8 Å². The normalized spacial score (nSPS) is 15.7. The van der Waals surface area contributed by atoms with E-state index in [4.69, 9.17) is 14.2 Å². The molecule has 8 heteroatoms. The summed E-state index contributed by atoms with van der Waals surface area (Å²) in [6.07, 6.45) is 1.31. The van der Waals surface area contributed by atoms with Crippen LogP contribution in [0.3, 0.4) is 0 Å². The SMILES string of the molecule is CC1(C)OC(=O)C(=Cc2cccc(COc3cc(F)c(F)c(F)c3)c2)C(=O)O1. The number of benzene rings is 2. The predicted molar refractivity (Wildman–Crippen MR) is 91.3 cm³/mol. The van der Waals surface area contributed by atoms with Crippen molar-refractivity contribution in [3.8, 4) is 5.75 Å². The Morgan fingerprint density at radius 3 is 2.21 bits per heavy atom. The summed E-state index contributed by atoms with van der Waals surface area (Å²) in [6.45, 7) is 2.81. The lowest BCUT2D eigenvalue weighted by atomic mass is 10.1. The summed E-state index contributed by atoms with van der Waals surface area (Å²) >= 11 is 0. The zero-order valence-electron chi connectivity index (χ0n) is 14.9. The lowest BCUT2D eigenvalue weighted by Gasteiger charge is -2.29. The predicted octanol–water partition coefficient (Wildman–Crippen LogP) is 3.90. The first-order valence-electron chi connectivity index (χ1n) is 8.19. The van der Waals surface area contributed by atoms with Crippen LogP contribution in [0.25, 0.3) is 6.08 Å². The molecule has 1 aliphatic rings. The van der Waals surface area contributed by atoms with Crippen molar-refractivity contribution < 1.29 is 37.0 Å². The fourth-order valence-electron chi connectivity index (χ4n) is 2.50. The fourth-order valence-corrected chi connectivity index (χ4v) is 2.50. The number of rotatable bonds is 4. The largest absolute Gasteiger partial charge is 0.489 e. The van der Waals surface area contributed by atoms with E-state index in [-0.39, 0.29) is 17.9 Å². The maximum absolute atomic E-state index is 13.2. The first kappa shape index (κ1) is 19.5. The highest BCUT2D eigenvalue weighted by molar-refractivity contribution is 6.18. The zero-order chi connectivity index (χ0) is 20.5. The summed E-state index contributed by atoms with van der Waals surface area (Å²) < 4.78 is 54.7. The van der Waals surface area contributed by atoms with Crippen LogP contribution >= 0.6 is 0 Å². The Kier molecular flexibility index (Phi) is 5.13. The third-order valence-corrected chi connectivity index (χ3v) is 3.74. The second kappa shape index (κ2) is 7.38. The number of carbonyl (C=O) groups excluding carboxylic acids is 2. The van der Waals surface area contributed by atoms with Crippen molar-refractivity contribution in [1.82, 2.24) is 0 Å². The van der Waals surface area contributed by atoms with Gasteiger partial charge in [-0.3, -0.25) is 0 Å². The standard InChI is InChI=1S/C20H15F3O5/c1-20(2)27-18(24)14(19(25)28-20)7-11-4-3-5-12(6-11)10-26-13-8-15(21)17(23)16(22)9-13/h3-9H,10H2,1-2H3. The Labute approximate surface area is 158 Å². The zero-order valence-corrected chi connectivity index (χ0v) is 14.9. The maximum atomic E-state index is 13.2. The van der Waals surface area contributed by atoms with E-state index in [9.17, 15) is 22.8 Å². The second-order valence-electron chi connectivity index (χ2n) is 6.47. The van der Waals surface area contributed by atoms with Crippen LogP contribution in [0.2, 0.25) is 0 Å². The highest BCUT2D eigenvalue weighted by Crippen LogP contribution is 2.25. The van der Waals surface area contributed by atoms with Gasteiger partial charge in [0.15, 0.2) is 17.5 Å². The number of halogens is 3. The molecule has 0 unspecified atom stereocenters. The van der Waals surface area contributed by atoms with Crippen molar-refractivity contribution in [3.05, 3.63) is 70.5 Å². The van der Waals surface area contributed by atoms with E-state index in [2.05, 4.69) is 0 Å². The summed E-state index contributed by atoms with van der Waals surface area (Å²) in [5.41, 5.74) is 0.804. The molecule has 3 rings (SSSR count). The van der Waals surface area contributed by atoms with Crippen LogP contribution in [-0.2, 0) is 25.7 Å². The average Bonchev–Trinajstić information content (AvgIpc) is 2.60. The first-order chi connectivity index (χ1) is 13.1. The van der Waals surface area contributed by atoms with Gasteiger partial charge in [0.2, 0.25) is 0 Å². The summed E-state index contributed by atoms with van der Waals surface area (Å²) in [4.78, 5) is 24.0. The van der Waals surface area contributed by atoms with Gasteiger partial charge >= 0.3 is 11.9 Å². The van der Waals surface area contributed by atoms with Crippen molar-refractivity contribution in [2.75, 3.05) is 0 Å². The molecule has 28 heavy (non-hydrogen) atoms. The summed E-state index contributed by atoms with van der Waals surface area (Å²) in [5.74, 6) is -7.41. The van der Waals surface area contributed by atoms with Gasteiger partial charge in [0, 0.05) is 26.0 Å². The van der Waals surface area contributed by atoms with Gasteiger partial charge < -0.3 is 14.2 Å². The van der Waals surface area contributed by atoms with E-state index in [0.717, 1.165) is 12.1 Å². The maximum Gasteiger partial charge on any atom is 0.348 e. The highest BCUT2D eigenvalue weighted by Gasteiger charge is 2.38. The molecule has 1 heterocycles. The molecule has 1 fully saturated rings. The Morgan fingerprint density at radius 1 is 1.00 bits per heavy atom.